The van der Waals surface area contributed by atoms with Gasteiger partial charge in [-0.3, -0.25) is 4.79 Å². The molecule has 196 valence electrons. The Labute approximate surface area is 210 Å². The number of esters is 1. The molecule has 3 rings (SSSR count). The third-order valence-electron chi connectivity index (χ3n) is 5.83. The molecule has 3 aromatic rings. The first-order chi connectivity index (χ1) is 16.5. The van der Waals surface area contributed by atoms with Gasteiger partial charge in [-0.25, -0.2) is 0 Å². The third-order valence-corrected chi connectivity index (χ3v) is 7.69. The van der Waals surface area contributed by atoms with Crippen LogP contribution < -0.4 is 0 Å². The lowest BCUT2D eigenvalue weighted by molar-refractivity contribution is -0.143. The largest absolute Gasteiger partial charge is 0.505 e. The molecule has 1 aromatic heterocycles. The zero-order valence-corrected chi connectivity index (χ0v) is 22.7. The van der Waals surface area contributed by atoms with Crippen molar-refractivity contribution >= 4 is 25.1 Å². The van der Waals surface area contributed by atoms with Crippen LogP contribution >= 0.6 is 0 Å². The average Bonchev–Trinajstić information content (AvgIpc) is 3.17. The number of fused-ring (bicyclic) bond motifs is 1. The molecular weight excluding hydrogens is 487 g/mol. The fraction of sp³-hybridized carbons (Fsp3) is 0.500. The first-order valence-corrected chi connectivity index (χ1v) is 15.7. The number of aryl methyl sites for hydroxylation is 1. The molecule has 0 unspecified atom stereocenters. The van der Waals surface area contributed by atoms with Crippen molar-refractivity contribution in [2.45, 2.75) is 77.3 Å². The van der Waals surface area contributed by atoms with Crippen LogP contribution in [0.3, 0.4) is 0 Å². The van der Waals surface area contributed by atoms with Crippen molar-refractivity contribution in [1.29, 1.82) is 0 Å². The number of rotatable bonds is 8. The molecule has 1 N–H and O–H groups in total. The molecule has 0 spiro atoms. The molecule has 0 atom stereocenters. The van der Waals surface area contributed by atoms with Gasteiger partial charge >= 0.3 is 12.1 Å². The topological polar surface area (TPSA) is 77.2 Å². The number of ether oxygens (including phenoxy) is 1. The molecule has 0 aliphatic heterocycles. The minimum Gasteiger partial charge on any atom is -0.505 e. The lowest BCUT2D eigenvalue weighted by Gasteiger charge is -2.23. The summed E-state index contributed by atoms with van der Waals surface area (Å²) >= 11 is 0. The number of carbonyl (C=O) groups is 1. The number of halogens is 3. The molecule has 0 radical (unpaired) electrons. The number of alkyl halides is 3. The number of hydrogen-bond acceptors (Lipinski definition) is 5. The van der Waals surface area contributed by atoms with E-state index in [1.807, 2.05) is 26.8 Å². The zero-order valence-electron chi connectivity index (χ0n) is 21.7. The lowest BCUT2D eigenvalue weighted by atomic mass is 9.84. The molecule has 0 amide bonds. The number of benzene rings is 2. The van der Waals surface area contributed by atoms with E-state index in [1.54, 1.807) is 6.07 Å². The Bertz CT molecular complexity index is 1240. The van der Waals surface area contributed by atoms with Gasteiger partial charge in [0.2, 0.25) is 0 Å². The Kier molecular flexibility index (Phi) is 7.88. The van der Waals surface area contributed by atoms with Crippen molar-refractivity contribution in [1.82, 2.24) is 15.0 Å². The van der Waals surface area contributed by atoms with Crippen molar-refractivity contribution < 1.29 is 27.8 Å². The fourth-order valence-electron chi connectivity index (χ4n) is 3.85. The number of hydrogen-bond donors (Lipinski definition) is 1. The van der Waals surface area contributed by atoms with Crippen molar-refractivity contribution in [2.24, 2.45) is 0 Å². The van der Waals surface area contributed by atoms with Gasteiger partial charge in [0, 0.05) is 20.1 Å². The first kappa shape index (κ1) is 27.7. The Morgan fingerprint density at radius 3 is 2.33 bits per heavy atom. The number of phenols is 1. The number of aromatic nitrogens is 3. The fourth-order valence-corrected chi connectivity index (χ4v) is 5.06. The summed E-state index contributed by atoms with van der Waals surface area (Å²) < 4.78 is 44.7. The van der Waals surface area contributed by atoms with Crippen LogP contribution in [0.4, 0.5) is 13.2 Å². The van der Waals surface area contributed by atoms with Crippen LogP contribution in [0.2, 0.25) is 25.7 Å². The summed E-state index contributed by atoms with van der Waals surface area (Å²) in [5.74, 6) is -0.350. The molecular formula is C26H34F3N3O3Si. The van der Waals surface area contributed by atoms with Crippen LogP contribution in [0.1, 0.15) is 50.3 Å². The predicted molar refractivity (Wildman–Crippen MR) is 136 cm³/mol. The lowest BCUT2D eigenvalue weighted by Crippen LogP contribution is -2.20. The van der Waals surface area contributed by atoms with Gasteiger partial charge in [0.05, 0.1) is 12.2 Å². The minimum atomic E-state index is -4.50. The highest BCUT2D eigenvalue weighted by Crippen LogP contribution is 2.37. The molecule has 0 fully saturated rings. The van der Waals surface area contributed by atoms with Gasteiger partial charge in [0.25, 0.3) is 0 Å². The number of nitrogens with zero attached hydrogens (tertiary/aromatic N) is 3. The van der Waals surface area contributed by atoms with E-state index in [0.29, 0.717) is 18.6 Å². The summed E-state index contributed by atoms with van der Waals surface area (Å²) in [5, 5.41) is 19.5. The van der Waals surface area contributed by atoms with Crippen LogP contribution in [-0.2, 0) is 27.5 Å². The van der Waals surface area contributed by atoms with Gasteiger partial charge in [-0.15, -0.1) is 15.0 Å². The van der Waals surface area contributed by atoms with Crippen LogP contribution in [0.15, 0.2) is 30.3 Å². The van der Waals surface area contributed by atoms with Crippen LogP contribution in [0, 0.1) is 0 Å². The summed E-state index contributed by atoms with van der Waals surface area (Å²) in [6, 6.07) is 7.72. The number of carbonyl (C=O) groups excluding carboxylic acids is 1. The van der Waals surface area contributed by atoms with Crippen LogP contribution in [0.5, 0.6) is 5.75 Å². The van der Waals surface area contributed by atoms with Gasteiger partial charge in [-0.05, 0) is 48.1 Å². The highest BCUT2D eigenvalue weighted by atomic mass is 28.3. The summed E-state index contributed by atoms with van der Waals surface area (Å²) in [6.07, 6.45) is -3.09. The molecule has 0 bridgehead atoms. The summed E-state index contributed by atoms with van der Waals surface area (Å²) in [4.78, 5) is 13.4. The zero-order chi connectivity index (χ0) is 26.9. The maximum Gasteiger partial charge on any atom is 0.416 e. The second kappa shape index (κ2) is 10.2. The first-order valence-electron chi connectivity index (χ1n) is 12.0. The van der Waals surface area contributed by atoms with Gasteiger partial charge < -0.3 is 9.84 Å². The Morgan fingerprint density at radius 1 is 1.06 bits per heavy atom. The quantitative estimate of drug-likeness (QED) is 0.204. The second-order valence-corrected chi connectivity index (χ2v) is 17.0. The predicted octanol–water partition coefficient (Wildman–Crippen LogP) is 6.65. The second-order valence-electron chi connectivity index (χ2n) is 11.3. The van der Waals surface area contributed by atoms with Gasteiger partial charge in [-0.2, -0.15) is 13.2 Å². The van der Waals surface area contributed by atoms with E-state index < -0.39 is 25.2 Å². The smallest absolute Gasteiger partial charge is 0.416 e. The molecule has 0 aliphatic rings. The monoisotopic (exact) mass is 521 g/mol. The Hall–Kier alpha value is -2.88. The maximum atomic E-state index is 13.1. The van der Waals surface area contributed by atoms with Crippen molar-refractivity contribution in [2.75, 3.05) is 6.61 Å². The maximum absolute atomic E-state index is 13.1. The third kappa shape index (κ3) is 7.08. The van der Waals surface area contributed by atoms with E-state index in [0.717, 1.165) is 35.0 Å². The highest BCUT2D eigenvalue weighted by molar-refractivity contribution is 6.76. The van der Waals surface area contributed by atoms with Gasteiger partial charge in [0.1, 0.15) is 22.5 Å². The molecule has 0 saturated carbocycles. The molecule has 10 heteroatoms. The van der Waals surface area contributed by atoms with Crippen LogP contribution in [-0.4, -0.2) is 40.8 Å². The van der Waals surface area contributed by atoms with E-state index in [-0.39, 0.29) is 34.9 Å². The van der Waals surface area contributed by atoms with E-state index in [9.17, 15) is 23.1 Å². The Balaban J connectivity index is 1.86. The Morgan fingerprint density at radius 2 is 1.72 bits per heavy atom. The van der Waals surface area contributed by atoms with E-state index >= 15 is 0 Å². The average molecular weight is 522 g/mol. The van der Waals surface area contributed by atoms with Crippen LogP contribution in [0.25, 0.3) is 16.7 Å². The molecule has 1 heterocycles. The minimum absolute atomic E-state index is 0.0588. The highest BCUT2D eigenvalue weighted by Gasteiger charge is 2.31. The standard InChI is InChI=1S/C26H34F3N3O3Si/c1-25(2,3)19-14-17(8-11-23(33)35-12-7-13-36(4,5)6)15-22(24(19)34)32-30-20-10-9-18(26(27,28)29)16-21(20)31-32/h9-10,14-16,34H,7-8,11-13H2,1-6H3. The molecule has 2 aromatic carbocycles. The SMILES string of the molecule is CC(C)(C)c1cc(CCC(=O)OCCC[Si](C)(C)C)cc(-n2nc3ccc(C(F)(F)F)cc3n2)c1O. The number of aromatic hydroxyl groups is 1. The van der Waals surface area contributed by atoms with Gasteiger partial charge in [-0.1, -0.05) is 52.5 Å². The molecule has 0 aliphatic carbocycles. The summed E-state index contributed by atoms with van der Waals surface area (Å²) in [5.41, 5.74) is 0.702. The molecule has 6 nitrogen and oxygen atoms in total. The molecule has 0 saturated heterocycles. The van der Waals surface area contributed by atoms with E-state index in [2.05, 4.69) is 29.8 Å². The van der Waals surface area contributed by atoms with E-state index in [4.69, 9.17) is 4.74 Å². The van der Waals surface area contributed by atoms with E-state index in [1.165, 1.54) is 6.07 Å². The van der Waals surface area contributed by atoms with Crippen molar-refractivity contribution in [3.8, 4) is 11.4 Å². The van der Waals surface area contributed by atoms with Gasteiger partial charge in [0.15, 0.2) is 0 Å². The number of phenolic OH excluding ortho intramolecular Hbond substituents is 1. The van der Waals surface area contributed by atoms with Crippen molar-refractivity contribution in [3.05, 3.63) is 47.0 Å². The normalized spacial score (nSPS) is 12.8. The summed E-state index contributed by atoms with van der Waals surface area (Å²) in [6.45, 7) is 13.0. The van der Waals surface area contributed by atoms with Crippen molar-refractivity contribution in [3.63, 3.8) is 0 Å². The summed E-state index contributed by atoms with van der Waals surface area (Å²) in [7, 11) is -1.18. The molecule has 36 heavy (non-hydrogen) atoms.